The molecule has 2 aromatic carbocycles. The highest BCUT2D eigenvalue weighted by atomic mass is 32.2. The molecule has 0 aliphatic rings. The molecule has 0 saturated carbocycles. The van der Waals surface area contributed by atoms with Gasteiger partial charge in [0.25, 0.3) is 10.0 Å². The molecule has 0 heterocycles. The van der Waals surface area contributed by atoms with Crippen LogP contribution in [0.5, 0.6) is 0 Å². The number of nitrogens with two attached hydrogens (primary N) is 1. The average molecular weight is 304 g/mol. The predicted molar refractivity (Wildman–Crippen MR) is 85.6 cm³/mol. The molecule has 0 unspecified atom stereocenters. The maximum Gasteiger partial charge on any atom is 0.261 e. The van der Waals surface area contributed by atoms with Gasteiger partial charge < -0.3 is 5.73 Å². The maximum absolute atomic E-state index is 12.5. The Kier molecular flexibility index (Phi) is 4.98. The first-order chi connectivity index (χ1) is 10.1. The Hall–Kier alpha value is -1.85. The van der Waals surface area contributed by atoms with E-state index < -0.39 is 10.0 Å². The summed E-state index contributed by atoms with van der Waals surface area (Å²) in [5.74, 6) is 0. The second kappa shape index (κ2) is 6.74. The van der Waals surface area contributed by atoms with Crippen molar-refractivity contribution >= 4 is 15.7 Å². The number of para-hydroxylation sites is 1. The van der Waals surface area contributed by atoms with Gasteiger partial charge in [0.1, 0.15) is 0 Å². The summed E-state index contributed by atoms with van der Waals surface area (Å²) in [7, 11) is -3.59. The van der Waals surface area contributed by atoms with Gasteiger partial charge >= 0.3 is 0 Å². The van der Waals surface area contributed by atoms with E-state index in [9.17, 15) is 8.42 Å². The minimum atomic E-state index is -3.59. The van der Waals surface area contributed by atoms with E-state index >= 15 is 0 Å². The number of aryl methyl sites for hydroxylation is 1. The normalized spacial score (nSPS) is 11.3. The van der Waals surface area contributed by atoms with Gasteiger partial charge in [0.15, 0.2) is 0 Å². The first-order valence-electron chi connectivity index (χ1n) is 6.96. The van der Waals surface area contributed by atoms with Crippen molar-refractivity contribution in [2.24, 2.45) is 5.73 Å². The van der Waals surface area contributed by atoms with E-state index in [1.165, 1.54) is 0 Å². The van der Waals surface area contributed by atoms with E-state index in [-0.39, 0.29) is 4.90 Å². The Balaban J connectivity index is 2.33. The van der Waals surface area contributed by atoms with Gasteiger partial charge in [-0.1, -0.05) is 43.7 Å². The largest absolute Gasteiger partial charge is 0.326 e. The van der Waals surface area contributed by atoms with Gasteiger partial charge in [0.05, 0.1) is 10.6 Å². The van der Waals surface area contributed by atoms with Crippen LogP contribution in [0.2, 0.25) is 0 Å². The lowest BCUT2D eigenvalue weighted by Gasteiger charge is -2.12. The van der Waals surface area contributed by atoms with Crippen LogP contribution >= 0.6 is 0 Å². The van der Waals surface area contributed by atoms with Gasteiger partial charge in [-0.2, -0.15) is 0 Å². The molecule has 0 aromatic heterocycles. The number of hydrogen-bond donors (Lipinski definition) is 2. The van der Waals surface area contributed by atoms with Crippen molar-refractivity contribution in [3.05, 3.63) is 59.7 Å². The smallest absolute Gasteiger partial charge is 0.261 e. The molecular weight excluding hydrogens is 284 g/mol. The fourth-order valence-electron chi connectivity index (χ4n) is 2.15. The Bertz CT molecular complexity index is 712. The number of benzene rings is 2. The highest BCUT2D eigenvalue weighted by molar-refractivity contribution is 7.92. The first kappa shape index (κ1) is 15.5. The lowest BCUT2D eigenvalue weighted by Crippen LogP contribution is -2.14. The Morgan fingerprint density at radius 2 is 1.86 bits per heavy atom. The molecule has 0 spiro atoms. The Labute approximate surface area is 126 Å². The molecule has 4 nitrogen and oxygen atoms in total. The van der Waals surface area contributed by atoms with E-state index in [0.29, 0.717) is 12.2 Å². The molecule has 0 aliphatic heterocycles. The molecule has 2 rings (SSSR count). The second-order valence-corrected chi connectivity index (χ2v) is 6.55. The van der Waals surface area contributed by atoms with Crippen LogP contribution in [0.3, 0.4) is 0 Å². The van der Waals surface area contributed by atoms with Crippen LogP contribution in [-0.2, 0) is 23.0 Å². The van der Waals surface area contributed by atoms with Crippen molar-refractivity contribution in [1.82, 2.24) is 0 Å². The quantitative estimate of drug-likeness (QED) is 0.862. The van der Waals surface area contributed by atoms with Gasteiger partial charge in [-0.05, 0) is 35.7 Å². The fraction of sp³-hybridized carbons (Fsp3) is 0.250. The minimum Gasteiger partial charge on any atom is -0.326 e. The van der Waals surface area contributed by atoms with E-state index in [1.807, 2.05) is 24.3 Å². The molecule has 3 N–H and O–H groups in total. The van der Waals surface area contributed by atoms with E-state index in [1.54, 1.807) is 24.3 Å². The first-order valence-corrected chi connectivity index (χ1v) is 8.45. The summed E-state index contributed by atoms with van der Waals surface area (Å²) in [6, 6.07) is 14.2. The topological polar surface area (TPSA) is 72.2 Å². The van der Waals surface area contributed by atoms with E-state index in [4.69, 9.17) is 5.73 Å². The third-order valence-corrected chi connectivity index (χ3v) is 4.59. The van der Waals surface area contributed by atoms with Crippen molar-refractivity contribution in [2.75, 3.05) is 4.72 Å². The summed E-state index contributed by atoms with van der Waals surface area (Å²) in [5.41, 5.74) is 7.99. The van der Waals surface area contributed by atoms with Gasteiger partial charge in [0, 0.05) is 6.54 Å². The SMILES string of the molecule is CCCc1ccccc1NS(=O)(=O)c1cccc(CN)c1. The third kappa shape index (κ3) is 3.83. The van der Waals surface area contributed by atoms with Crippen molar-refractivity contribution in [1.29, 1.82) is 0 Å². The zero-order valence-electron chi connectivity index (χ0n) is 12.0. The standard InChI is InChI=1S/C16H20N2O2S/c1-2-6-14-8-3-4-10-16(14)18-21(19,20)15-9-5-7-13(11-15)12-17/h3-5,7-11,18H,2,6,12,17H2,1H3. The van der Waals surface area contributed by atoms with Crippen molar-refractivity contribution in [2.45, 2.75) is 31.2 Å². The second-order valence-electron chi connectivity index (χ2n) is 4.86. The number of hydrogen-bond acceptors (Lipinski definition) is 3. The summed E-state index contributed by atoms with van der Waals surface area (Å²) >= 11 is 0. The summed E-state index contributed by atoms with van der Waals surface area (Å²) in [6.45, 7) is 2.38. The lowest BCUT2D eigenvalue weighted by atomic mass is 10.1. The summed E-state index contributed by atoms with van der Waals surface area (Å²) in [4.78, 5) is 0.233. The van der Waals surface area contributed by atoms with Gasteiger partial charge in [-0.25, -0.2) is 8.42 Å². The highest BCUT2D eigenvalue weighted by Crippen LogP contribution is 2.21. The number of sulfonamides is 1. The molecular formula is C16H20N2O2S. The monoisotopic (exact) mass is 304 g/mol. The molecule has 0 atom stereocenters. The summed E-state index contributed by atoms with van der Waals surface area (Å²) < 4.78 is 27.6. The number of anilines is 1. The van der Waals surface area contributed by atoms with Crippen LogP contribution in [-0.4, -0.2) is 8.42 Å². The molecule has 0 fully saturated rings. The van der Waals surface area contributed by atoms with Gasteiger partial charge in [-0.3, -0.25) is 4.72 Å². The summed E-state index contributed by atoms with van der Waals surface area (Å²) in [5, 5.41) is 0. The van der Waals surface area contributed by atoms with Gasteiger partial charge in [-0.15, -0.1) is 0 Å². The zero-order chi connectivity index (χ0) is 15.3. The van der Waals surface area contributed by atoms with Gasteiger partial charge in [0.2, 0.25) is 0 Å². The molecule has 0 amide bonds. The number of nitrogens with one attached hydrogen (secondary N) is 1. The van der Waals surface area contributed by atoms with E-state index in [2.05, 4.69) is 11.6 Å². The molecule has 0 bridgehead atoms. The molecule has 112 valence electrons. The van der Waals surface area contributed by atoms with Crippen LogP contribution in [0.25, 0.3) is 0 Å². The predicted octanol–water partition coefficient (Wildman–Crippen LogP) is 2.90. The third-order valence-electron chi connectivity index (χ3n) is 3.23. The van der Waals surface area contributed by atoms with Crippen LogP contribution in [0.1, 0.15) is 24.5 Å². The van der Waals surface area contributed by atoms with Crippen molar-refractivity contribution in [3.8, 4) is 0 Å². The molecule has 0 saturated heterocycles. The molecule has 0 aliphatic carbocycles. The van der Waals surface area contributed by atoms with Crippen LogP contribution in [0.4, 0.5) is 5.69 Å². The van der Waals surface area contributed by atoms with E-state index in [0.717, 1.165) is 24.0 Å². The van der Waals surface area contributed by atoms with Crippen molar-refractivity contribution < 1.29 is 8.42 Å². The Morgan fingerprint density at radius 3 is 2.57 bits per heavy atom. The molecule has 5 heteroatoms. The fourth-order valence-corrected chi connectivity index (χ4v) is 3.32. The maximum atomic E-state index is 12.5. The van der Waals surface area contributed by atoms with Crippen LogP contribution in [0, 0.1) is 0 Å². The lowest BCUT2D eigenvalue weighted by molar-refractivity contribution is 0.601. The average Bonchev–Trinajstić information content (AvgIpc) is 2.49. The molecule has 0 radical (unpaired) electrons. The minimum absolute atomic E-state index is 0.233. The Morgan fingerprint density at radius 1 is 1.10 bits per heavy atom. The van der Waals surface area contributed by atoms with Crippen LogP contribution in [0.15, 0.2) is 53.4 Å². The molecule has 21 heavy (non-hydrogen) atoms. The van der Waals surface area contributed by atoms with Crippen molar-refractivity contribution in [3.63, 3.8) is 0 Å². The molecule has 2 aromatic rings. The highest BCUT2D eigenvalue weighted by Gasteiger charge is 2.15. The zero-order valence-corrected chi connectivity index (χ0v) is 12.9. The number of rotatable bonds is 6. The summed E-state index contributed by atoms with van der Waals surface area (Å²) in [6.07, 6.45) is 1.79. The van der Waals surface area contributed by atoms with Crippen LogP contribution < -0.4 is 10.5 Å².